The summed E-state index contributed by atoms with van der Waals surface area (Å²) in [6.07, 6.45) is 6.99. The third-order valence-electron chi connectivity index (χ3n) is 4.17. The molecule has 0 spiro atoms. The molecule has 2 unspecified atom stereocenters. The smallest absolute Gasteiger partial charge is 0.223 e. The van der Waals surface area contributed by atoms with E-state index in [-0.39, 0.29) is 17.9 Å². The van der Waals surface area contributed by atoms with Gasteiger partial charge in [0.15, 0.2) is 0 Å². The van der Waals surface area contributed by atoms with Crippen LogP contribution in [0.1, 0.15) is 31.2 Å². The third-order valence-corrected chi connectivity index (χ3v) is 4.17. The fourth-order valence-corrected chi connectivity index (χ4v) is 2.91. The zero-order valence-electron chi connectivity index (χ0n) is 12.5. The van der Waals surface area contributed by atoms with E-state index in [0.29, 0.717) is 6.54 Å². The van der Waals surface area contributed by atoms with E-state index in [2.05, 4.69) is 15.4 Å². The summed E-state index contributed by atoms with van der Waals surface area (Å²) >= 11 is 0. The van der Waals surface area contributed by atoms with Crippen LogP contribution in [0.25, 0.3) is 5.69 Å². The Balaban J connectivity index is 1.54. The van der Waals surface area contributed by atoms with Crippen molar-refractivity contribution in [3.05, 3.63) is 42.5 Å². The molecular formula is C16H21N5O. The zero-order chi connectivity index (χ0) is 15.4. The minimum atomic E-state index is 0.0678. The Morgan fingerprint density at radius 3 is 2.82 bits per heavy atom. The van der Waals surface area contributed by atoms with E-state index in [9.17, 15) is 4.79 Å². The number of aromatic nitrogens is 3. The van der Waals surface area contributed by atoms with Gasteiger partial charge in [0.2, 0.25) is 5.91 Å². The fraction of sp³-hybridized carbons (Fsp3) is 0.438. The highest BCUT2D eigenvalue weighted by Gasteiger charge is 2.24. The van der Waals surface area contributed by atoms with Crippen LogP contribution in [0.3, 0.4) is 0 Å². The molecule has 2 atom stereocenters. The quantitative estimate of drug-likeness (QED) is 0.893. The lowest BCUT2D eigenvalue weighted by Crippen LogP contribution is -2.37. The Bertz CT molecular complexity index is 608. The molecule has 1 aliphatic rings. The first-order valence-electron chi connectivity index (χ1n) is 7.69. The molecule has 22 heavy (non-hydrogen) atoms. The number of benzene rings is 1. The number of hydrogen-bond acceptors (Lipinski definition) is 4. The zero-order valence-corrected chi connectivity index (χ0v) is 12.5. The van der Waals surface area contributed by atoms with Crippen molar-refractivity contribution in [2.24, 2.45) is 11.7 Å². The van der Waals surface area contributed by atoms with E-state index in [1.54, 1.807) is 11.0 Å². The van der Waals surface area contributed by atoms with Crippen LogP contribution in [-0.2, 0) is 11.3 Å². The molecule has 1 amide bonds. The Hall–Kier alpha value is -2.21. The van der Waals surface area contributed by atoms with Crippen molar-refractivity contribution < 1.29 is 4.79 Å². The highest BCUT2D eigenvalue weighted by molar-refractivity contribution is 5.78. The molecule has 1 aliphatic carbocycles. The van der Waals surface area contributed by atoms with Gasteiger partial charge in [-0.15, -0.1) is 0 Å². The van der Waals surface area contributed by atoms with Crippen LogP contribution in [-0.4, -0.2) is 26.7 Å². The van der Waals surface area contributed by atoms with Gasteiger partial charge in [-0.3, -0.25) is 4.79 Å². The van der Waals surface area contributed by atoms with Crippen LogP contribution in [0.5, 0.6) is 0 Å². The van der Waals surface area contributed by atoms with Crippen molar-refractivity contribution in [3.8, 4) is 5.69 Å². The number of hydrogen-bond donors (Lipinski definition) is 2. The Morgan fingerprint density at radius 2 is 2.14 bits per heavy atom. The lowest BCUT2D eigenvalue weighted by atomic mass is 9.85. The number of nitrogens with two attached hydrogens (primary N) is 1. The van der Waals surface area contributed by atoms with Crippen LogP contribution >= 0.6 is 0 Å². The molecule has 0 bridgehead atoms. The molecule has 0 aliphatic heterocycles. The molecule has 1 aromatic heterocycles. The van der Waals surface area contributed by atoms with Gasteiger partial charge in [0.25, 0.3) is 0 Å². The molecule has 6 nitrogen and oxygen atoms in total. The predicted molar refractivity (Wildman–Crippen MR) is 83.1 cm³/mol. The van der Waals surface area contributed by atoms with E-state index in [1.165, 1.54) is 6.33 Å². The second-order valence-electron chi connectivity index (χ2n) is 5.85. The maximum Gasteiger partial charge on any atom is 0.223 e. The first kappa shape index (κ1) is 14.7. The fourth-order valence-electron chi connectivity index (χ4n) is 2.91. The molecule has 1 saturated carbocycles. The molecule has 1 fully saturated rings. The Morgan fingerprint density at radius 1 is 1.32 bits per heavy atom. The van der Waals surface area contributed by atoms with Crippen molar-refractivity contribution in [1.29, 1.82) is 0 Å². The molecule has 3 rings (SSSR count). The number of nitrogens with zero attached hydrogens (tertiary/aromatic N) is 3. The summed E-state index contributed by atoms with van der Waals surface area (Å²) in [5.74, 6) is 0.189. The molecule has 2 aromatic rings. The number of nitrogens with one attached hydrogen (secondary N) is 1. The molecule has 1 aromatic carbocycles. The molecule has 1 heterocycles. The van der Waals surface area contributed by atoms with E-state index >= 15 is 0 Å². The van der Waals surface area contributed by atoms with Crippen LogP contribution in [0.15, 0.2) is 36.9 Å². The number of rotatable bonds is 4. The van der Waals surface area contributed by atoms with Crippen LogP contribution in [0.2, 0.25) is 0 Å². The minimum absolute atomic E-state index is 0.0678. The van der Waals surface area contributed by atoms with Gasteiger partial charge in [0.1, 0.15) is 12.7 Å². The molecule has 6 heteroatoms. The van der Waals surface area contributed by atoms with Crippen molar-refractivity contribution in [2.45, 2.75) is 38.3 Å². The van der Waals surface area contributed by atoms with Crippen LogP contribution in [0.4, 0.5) is 0 Å². The van der Waals surface area contributed by atoms with E-state index in [0.717, 1.165) is 36.9 Å². The lowest BCUT2D eigenvalue weighted by molar-refractivity contribution is -0.126. The van der Waals surface area contributed by atoms with E-state index < -0.39 is 0 Å². The first-order chi connectivity index (χ1) is 10.7. The highest BCUT2D eigenvalue weighted by atomic mass is 16.1. The van der Waals surface area contributed by atoms with Crippen molar-refractivity contribution >= 4 is 5.91 Å². The van der Waals surface area contributed by atoms with Gasteiger partial charge in [-0.1, -0.05) is 18.6 Å². The summed E-state index contributed by atoms with van der Waals surface area (Å²) in [5.41, 5.74) is 7.96. The Labute approximate surface area is 129 Å². The Kier molecular flexibility index (Phi) is 4.48. The summed E-state index contributed by atoms with van der Waals surface area (Å²) in [5, 5.41) is 7.10. The highest BCUT2D eigenvalue weighted by Crippen LogP contribution is 2.23. The minimum Gasteiger partial charge on any atom is -0.352 e. The molecule has 3 N–H and O–H groups in total. The second kappa shape index (κ2) is 6.70. The third kappa shape index (κ3) is 3.51. The summed E-state index contributed by atoms with van der Waals surface area (Å²) in [6, 6.07) is 8.08. The van der Waals surface area contributed by atoms with Gasteiger partial charge in [-0.2, -0.15) is 5.10 Å². The topological polar surface area (TPSA) is 85.8 Å². The van der Waals surface area contributed by atoms with Crippen LogP contribution < -0.4 is 11.1 Å². The second-order valence-corrected chi connectivity index (χ2v) is 5.85. The summed E-state index contributed by atoms with van der Waals surface area (Å²) in [7, 11) is 0. The van der Waals surface area contributed by atoms with Crippen LogP contribution in [0, 0.1) is 5.92 Å². The predicted octanol–water partition coefficient (Wildman–Crippen LogP) is 1.40. The normalized spacial score (nSPS) is 21.5. The van der Waals surface area contributed by atoms with Gasteiger partial charge in [0, 0.05) is 18.5 Å². The van der Waals surface area contributed by atoms with Crippen molar-refractivity contribution in [2.75, 3.05) is 0 Å². The standard InChI is InChI=1S/C16H21N5O/c17-14-3-1-2-13(8-14)16(22)19-9-12-4-6-15(7-5-12)21-11-18-10-20-21/h4-7,10-11,13-14H,1-3,8-9,17H2,(H,19,22). The van der Waals surface area contributed by atoms with E-state index in [1.807, 2.05) is 24.3 Å². The van der Waals surface area contributed by atoms with Gasteiger partial charge in [-0.05, 0) is 37.0 Å². The number of carbonyl (C=O) groups excluding carboxylic acids is 1. The monoisotopic (exact) mass is 299 g/mol. The maximum absolute atomic E-state index is 12.2. The summed E-state index contributed by atoms with van der Waals surface area (Å²) in [6.45, 7) is 0.544. The lowest BCUT2D eigenvalue weighted by Gasteiger charge is -2.25. The summed E-state index contributed by atoms with van der Waals surface area (Å²) in [4.78, 5) is 16.1. The molecular weight excluding hydrogens is 278 g/mol. The van der Waals surface area contributed by atoms with Gasteiger partial charge < -0.3 is 11.1 Å². The number of amides is 1. The van der Waals surface area contributed by atoms with Crippen molar-refractivity contribution in [3.63, 3.8) is 0 Å². The van der Waals surface area contributed by atoms with E-state index in [4.69, 9.17) is 5.73 Å². The average molecular weight is 299 g/mol. The largest absolute Gasteiger partial charge is 0.352 e. The number of carbonyl (C=O) groups is 1. The maximum atomic E-state index is 12.2. The van der Waals surface area contributed by atoms with Gasteiger partial charge >= 0.3 is 0 Å². The van der Waals surface area contributed by atoms with Gasteiger partial charge in [0.05, 0.1) is 5.69 Å². The SMILES string of the molecule is NC1CCCC(C(=O)NCc2ccc(-n3cncn3)cc2)C1. The van der Waals surface area contributed by atoms with Gasteiger partial charge in [-0.25, -0.2) is 9.67 Å². The average Bonchev–Trinajstić information content (AvgIpc) is 3.07. The first-order valence-corrected chi connectivity index (χ1v) is 7.69. The summed E-state index contributed by atoms with van der Waals surface area (Å²) < 4.78 is 1.70. The molecule has 0 radical (unpaired) electrons. The molecule has 0 saturated heterocycles. The van der Waals surface area contributed by atoms with Crippen molar-refractivity contribution in [1.82, 2.24) is 20.1 Å². The molecule has 116 valence electrons.